The number of hydrogen-bond donors (Lipinski definition) is 2. The first kappa shape index (κ1) is 21.0. The second-order valence-corrected chi connectivity index (χ2v) is 8.73. The van der Waals surface area contributed by atoms with Gasteiger partial charge in [0.2, 0.25) is 0 Å². The molecule has 0 aliphatic carbocycles. The lowest BCUT2D eigenvalue weighted by Gasteiger charge is -2.26. The average Bonchev–Trinajstić information content (AvgIpc) is 3.51. The summed E-state index contributed by atoms with van der Waals surface area (Å²) in [6, 6.07) is 10.4. The number of morpholine rings is 1. The molecule has 2 saturated heterocycles. The van der Waals surface area contributed by atoms with E-state index in [0.717, 1.165) is 73.3 Å². The van der Waals surface area contributed by atoms with Crippen molar-refractivity contribution < 1.29 is 9.47 Å². The summed E-state index contributed by atoms with van der Waals surface area (Å²) >= 11 is 1.90. The highest BCUT2D eigenvalue weighted by atomic mass is 32.2. The number of benzene rings is 1. The van der Waals surface area contributed by atoms with Gasteiger partial charge in [-0.05, 0) is 6.07 Å². The molecule has 5 rings (SSSR count). The number of H-pyrrole nitrogens is 1. The van der Waals surface area contributed by atoms with Crippen LogP contribution in [0.3, 0.4) is 0 Å². The minimum absolute atomic E-state index is 0.373. The molecule has 3 aromatic rings. The minimum atomic E-state index is 0.373. The van der Waals surface area contributed by atoms with E-state index in [1.165, 1.54) is 0 Å². The zero-order valence-corrected chi connectivity index (χ0v) is 18.7. The predicted octanol–water partition coefficient (Wildman–Crippen LogP) is 2.63. The molecule has 168 valence electrons. The first-order valence-corrected chi connectivity index (χ1v) is 12.0. The predicted molar refractivity (Wildman–Crippen MR) is 129 cm³/mol. The molecular weight excluding hydrogens is 426 g/mol. The molecule has 2 N–H and O–H groups in total. The van der Waals surface area contributed by atoms with Gasteiger partial charge in [0, 0.05) is 60.7 Å². The van der Waals surface area contributed by atoms with Gasteiger partial charge in [0.15, 0.2) is 5.82 Å². The van der Waals surface area contributed by atoms with Gasteiger partial charge in [-0.1, -0.05) is 18.2 Å². The number of aromatic nitrogens is 3. The van der Waals surface area contributed by atoms with Crippen molar-refractivity contribution in [3.63, 3.8) is 0 Å². The molecule has 2 fully saturated rings. The van der Waals surface area contributed by atoms with Crippen LogP contribution in [0.5, 0.6) is 6.01 Å². The second-order valence-electron chi connectivity index (χ2n) is 7.66. The van der Waals surface area contributed by atoms with Gasteiger partial charge in [-0.3, -0.25) is 10.3 Å². The Morgan fingerprint density at radius 2 is 2.12 bits per heavy atom. The molecule has 0 radical (unpaired) electrons. The summed E-state index contributed by atoms with van der Waals surface area (Å²) in [4.78, 5) is 17.0. The number of ether oxygens (including phenoxy) is 2. The number of fused-ring (bicyclic) bond motifs is 1. The SMILES string of the molecule is C(=NNc1cc(N2CCSC2)nc(OCCN2CCOCC2)n1)c1c[nH]c2ccccc12. The van der Waals surface area contributed by atoms with E-state index in [1.807, 2.05) is 42.2 Å². The van der Waals surface area contributed by atoms with Gasteiger partial charge in [-0.15, -0.1) is 11.8 Å². The van der Waals surface area contributed by atoms with E-state index in [-0.39, 0.29) is 0 Å². The fourth-order valence-corrected chi connectivity index (χ4v) is 4.71. The normalized spacial score (nSPS) is 17.4. The molecule has 2 aliphatic heterocycles. The van der Waals surface area contributed by atoms with Crippen LogP contribution in [-0.4, -0.2) is 83.7 Å². The lowest BCUT2D eigenvalue weighted by molar-refractivity contribution is 0.0317. The summed E-state index contributed by atoms with van der Waals surface area (Å²) in [5.41, 5.74) is 5.15. The van der Waals surface area contributed by atoms with Crippen molar-refractivity contribution in [3.8, 4) is 6.01 Å². The van der Waals surface area contributed by atoms with Crippen LogP contribution in [-0.2, 0) is 4.74 Å². The third-order valence-corrected chi connectivity index (χ3v) is 6.48. The van der Waals surface area contributed by atoms with Crippen LogP contribution in [0.25, 0.3) is 10.9 Å². The molecule has 1 aromatic carbocycles. The summed E-state index contributed by atoms with van der Waals surface area (Å²) < 4.78 is 11.3. The molecule has 0 unspecified atom stereocenters. The summed E-state index contributed by atoms with van der Waals surface area (Å²) in [6.45, 7) is 5.76. The number of thioether (sulfide) groups is 1. The molecule has 0 spiro atoms. The van der Waals surface area contributed by atoms with Crippen LogP contribution >= 0.6 is 11.8 Å². The zero-order chi connectivity index (χ0) is 21.6. The quantitative estimate of drug-likeness (QED) is 0.397. The third kappa shape index (κ3) is 5.14. The monoisotopic (exact) mass is 453 g/mol. The van der Waals surface area contributed by atoms with Gasteiger partial charge in [-0.25, -0.2) is 0 Å². The van der Waals surface area contributed by atoms with Gasteiger partial charge in [-0.2, -0.15) is 15.1 Å². The Hall–Kier alpha value is -2.82. The Kier molecular flexibility index (Phi) is 6.71. The molecule has 0 saturated carbocycles. The Bertz CT molecular complexity index is 1060. The number of anilines is 2. The van der Waals surface area contributed by atoms with E-state index in [2.05, 4.69) is 41.3 Å². The van der Waals surface area contributed by atoms with Gasteiger partial charge in [0.05, 0.1) is 25.3 Å². The lowest BCUT2D eigenvalue weighted by Crippen LogP contribution is -2.38. The molecule has 9 nitrogen and oxygen atoms in total. The first-order valence-electron chi connectivity index (χ1n) is 10.8. The van der Waals surface area contributed by atoms with Crippen molar-refractivity contribution in [3.05, 3.63) is 42.1 Å². The Labute approximate surface area is 191 Å². The molecule has 2 aliphatic rings. The van der Waals surface area contributed by atoms with E-state index in [0.29, 0.717) is 18.4 Å². The molecule has 0 bridgehead atoms. The summed E-state index contributed by atoms with van der Waals surface area (Å²) in [7, 11) is 0. The second kappa shape index (κ2) is 10.2. The molecule has 4 heterocycles. The topological polar surface area (TPSA) is 90.9 Å². The fraction of sp³-hybridized carbons (Fsp3) is 0.409. The molecule has 0 amide bonds. The lowest BCUT2D eigenvalue weighted by atomic mass is 10.2. The molecule has 32 heavy (non-hydrogen) atoms. The van der Waals surface area contributed by atoms with E-state index in [1.54, 1.807) is 6.21 Å². The number of aromatic amines is 1. The van der Waals surface area contributed by atoms with Crippen LogP contribution in [0.4, 0.5) is 11.6 Å². The number of rotatable bonds is 8. The van der Waals surface area contributed by atoms with Crippen LogP contribution in [0.2, 0.25) is 0 Å². The van der Waals surface area contributed by atoms with E-state index in [4.69, 9.17) is 9.47 Å². The minimum Gasteiger partial charge on any atom is -0.462 e. The van der Waals surface area contributed by atoms with Crippen molar-refractivity contribution in [2.24, 2.45) is 5.10 Å². The number of nitrogens with zero attached hydrogens (tertiary/aromatic N) is 5. The maximum Gasteiger partial charge on any atom is 0.320 e. The van der Waals surface area contributed by atoms with Crippen LogP contribution < -0.4 is 15.1 Å². The fourth-order valence-electron chi connectivity index (χ4n) is 3.75. The standard InChI is InChI=1S/C22H27N7O2S/c1-2-4-19-18(3-1)17(14-23-19)15-24-27-20-13-21(29-8-12-32-16-29)26-22(25-20)31-11-7-28-5-9-30-10-6-28/h1-4,13-15,23H,5-12,16H2,(H,25,26,27). The van der Waals surface area contributed by atoms with Crippen molar-refractivity contribution in [1.82, 2.24) is 19.9 Å². The summed E-state index contributed by atoms with van der Waals surface area (Å²) in [5, 5.41) is 5.54. The third-order valence-electron chi connectivity index (χ3n) is 5.52. The maximum absolute atomic E-state index is 5.92. The molecular formula is C22H27N7O2S. The Balaban J connectivity index is 1.27. The number of hydrazone groups is 1. The van der Waals surface area contributed by atoms with E-state index >= 15 is 0 Å². The Morgan fingerprint density at radius 1 is 1.22 bits per heavy atom. The van der Waals surface area contributed by atoms with E-state index in [9.17, 15) is 0 Å². The first-order chi connectivity index (χ1) is 15.8. The smallest absolute Gasteiger partial charge is 0.320 e. The number of hydrogen-bond acceptors (Lipinski definition) is 9. The maximum atomic E-state index is 5.92. The molecule has 10 heteroatoms. The average molecular weight is 454 g/mol. The number of para-hydroxylation sites is 1. The van der Waals surface area contributed by atoms with Crippen molar-refractivity contribution >= 4 is 40.5 Å². The molecule has 2 aromatic heterocycles. The van der Waals surface area contributed by atoms with Gasteiger partial charge in [0.25, 0.3) is 0 Å². The highest BCUT2D eigenvalue weighted by Gasteiger charge is 2.17. The zero-order valence-electron chi connectivity index (χ0n) is 17.9. The highest BCUT2D eigenvalue weighted by molar-refractivity contribution is 7.99. The van der Waals surface area contributed by atoms with Crippen molar-refractivity contribution in [2.75, 3.05) is 68.0 Å². The van der Waals surface area contributed by atoms with Crippen LogP contribution in [0, 0.1) is 0 Å². The molecule has 0 atom stereocenters. The number of nitrogens with one attached hydrogen (secondary N) is 2. The largest absolute Gasteiger partial charge is 0.462 e. The van der Waals surface area contributed by atoms with Gasteiger partial charge >= 0.3 is 6.01 Å². The summed E-state index contributed by atoms with van der Waals surface area (Å²) in [6.07, 6.45) is 3.74. The summed E-state index contributed by atoms with van der Waals surface area (Å²) in [5.74, 6) is 3.49. The van der Waals surface area contributed by atoms with Crippen molar-refractivity contribution in [1.29, 1.82) is 0 Å². The Morgan fingerprint density at radius 3 is 3.00 bits per heavy atom. The van der Waals surface area contributed by atoms with Crippen molar-refractivity contribution in [2.45, 2.75) is 0 Å². The van der Waals surface area contributed by atoms with Gasteiger partial charge < -0.3 is 19.4 Å². The van der Waals surface area contributed by atoms with Crippen LogP contribution in [0.1, 0.15) is 5.56 Å². The van der Waals surface area contributed by atoms with E-state index < -0.39 is 0 Å². The van der Waals surface area contributed by atoms with Crippen LogP contribution in [0.15, 0.2) is 41.6 Å². The van der Waals surface area contributed by atoms with Gasteiger partial charge in [0.1, 0.15) is 12.4 Å². The highest BCUT2D eigenvalue weighted by Crippen LogP contribution is 2.25.